The first kappa shape index (κ1) is 14.3. The van der Waals surface area contributed by atoms with E-state index < -0.39 is 6.04 Å². The molecular weight excluding hydrogens is 252 g/mol. The van der Waals surface area contributed by atoms with Gasteiger partial charge in [-0.1, -0.05) is 37.3 Å². The molecule has 1 aromatic heterocycles. The van der Waals surface area contributed by atoms with Gasteiger partial charge in [0.15, 0.2) is 6.04 Å². The van der Waals surface area contributed by atoms with Gasteiger partial charge in [-0.2, -0.15) is 0 Å². The molecule has 0 aliphatic heterocycles. The van der Waals surface area contributed by atoms with Crippen LogP contribution in [-0.2, 0) is 16.0 Å². The Kier molecular flexibility index (Phi) is 4.93. The molecule has 0 fully saturated rings. The SMILES string of the molecule is CCCc1nccn1C(C(=O)OCC)c1ccccc1. The third kappa shape index (κ3) is 3.07. The molecule has 4 nitrogen and oxygen atoms in total. The van der Waals surface area contributed by atoms with E-state index in [1.807, 2.05) is 48.0 Å². The molecule has 1 heterocycles. The Morgan fingerprint density at radius 2 is 2.05 bits per heavy atom. The number of esters is 1. The molecule has 0 saturated heterocycles. The summed E-state index contributed by atoms with van der Waals surface area (Å²) in [4.78, 5) is 16.7. The fourth-order valence-corrected chi connectivity index (χ4v) is 2.26. The molecule has 1 aromatic carbocycles. The maximum atomic E-state index is 12.3. The highest BCUT2D eigenvalue weighted by molar-refractivity contribution is 5.78. The molecule has 0 N–H and O–H groups in total. The van der Waals surface area contributed by atoms with Crippen molar-refractivity contribution < 1.29 is 9.53 Å². The summed E-state index contributed by atoms with van der Waals surface area (Å²) < 4.78 is 7.14. The van der Waals surface area contributed by atoms with Crippen molar-refractivity contribution in [3.63, 3.8) is 0 Å². The third-order valence-electron chi connectivity index (χ3n) is 3.13. The summed E-state index contributed by atoms with van der Waals surface area (Å²) in [6, 6.07) is 9.22. The van der Waals surface area contributed by atoms with E-state index in [1.165, 1.54) is 0 Å². The number of aryl methyl sites for hydroxylation is 1. The van der Waals surface area contributed by atoms with Gasteiger partial charge in [0.25, 0.3) is 0 Å². The Labute approximate surface area is 119 Å². The van der Waals surface area contributed by atoms with Crippen LogP contribution >= 0.6 is 0 Å². The summed E-state index contributed by atoms with van der Waals surface area (Å²) in [6.07, 6.45) is 5.41. The number of carbonyl (C=O) groups excluding carboxylic acids is 1. The third-order valence-corrected chi connectivity index (χ3v) is 3.13. The quantitative estimate of drug-likeness (QED) is 0.759. The Morgan fingerprint density at radius 3 is 2.70 bits per heavy atom. The molecule has 0 aliphatic rings. The maximum absolute atomic E-state index is 12.3. The number of nitrogens with zero attached hydrogens (tertiary/aromatic N) is 2. The first-order valence-corrected chi connectivity index (χ1v) is 7.01. The highest BCUT2D eigenvalue weighted by Gasteiger charge is 2.25. The Morgan fingerprint density at radius 1 is 1.30 bits per heavy atom. The van der Waals surface area contributed by atoms with E-state index in [0.717, 1.165) is 24.2 Å². The summed E-state index contributed by atoms with van der Waals surface area (Å²) >= 11 is 0. The van der Waals surface area contributed by atoms with E-state index in [0.29, 0.717) is 6.61 Å². The van der Waals surface area contributed by atoms with Crippen molar-refractivity contribution in [2.45, 2.75) is 32.7 Å². The number of hydrogen-bond acceptors (Lipinski definition) is 3. The molecule has 106 valence electrons. The van der Waals surface area contributed by atoms with Gasteiger partial charge in [0.1, 0.15) is 5.82 Å². The van der Waals surface area contributed by atoms with Crippen molar-refractivity contribution in [3.05, 3.63) is 54.1 Å². The molecule has 0 spiro atoms. The van der Waals surface area contributed by atoms with Crippen LogP contribution in [0.25, 0.3) is 0 Å². The highest BCUT2D eigenvalue weighted by Crippen LogP contribution is 2.22. The molecule has 0 aliphatic carbocycles. The van der Waals surface area contributed by atoms with Crippen molar-refractivity contribution >= 4 is 5.97 Å². The number of carbonyl (C=O) groups is 1. The first-order chi connectivity index (χ1) is 9.77. The minimum Gasteiger partial charge on any atom is -0.464 e. The maximum Gasteiger partial charge on any atom is 0.333 e. The summed E-state index contributed by atoms with van der Waals surface area (Å²) in [7, 11) is 0. The lowest BCUT2D eigenvalue weighted by molar-refractivity contribution is -0.145. The molecule has 0 bridgehead atoms. The second kappa shape index (κ2) is 6.89. The van der Waals surface area contributed by atoms with Crippen molar-refractivity contribution in [2.24, 2.45) is 0 Å². The molecule has 20 heavy (non-hydrogen) atoms. The molecule has 0 radical (unpaired) electrons. The molecule has 0 saturated carbocycles. The van der Waals surface area contributed by atoms with Crippen LogP contribution in [0.1, 0.15) is 37.7 Å². The molecule has 1 atom stereocenters. The molecule has 0 amide bonds. The second-order valence-corrected chi connectivity index (χ2v) is 4.57. The normalized spacial score (nSPS) is 12.1. The molecule has 1 unspecified atom stereocenters. The topological polar surface area (TPSA) is 44.1 Å². The average Bonchev–Trinajstić information content (AvgIpc) is 2.89. The lowest BCUT2D eigenvalue weighted by Gasteiger charge is -2.19. The van der Waals surface area contributed by atoms with Crippen LogP contribution in [0, 0.1) is 0 Å². The van der Waals surface area contributed by atoms with Gasteiger partial charge >= 0.3 is 5.97 Å². The zero-order chi connectivity index (χ0) is 14.4. The van der Waals surface area contributed by atoms with Gasteiger partial charge in [0.05, 0.1) is 6.61 Å². The van der Waals surface area contributed by atoms with Crippen LogP contribution in [0.15, 0.2) is 42.7 Å². The van der Waals surface area contributed by atoms with Crippen LogP contribution in [0.4, 0.5) is 0 Å². The molecule has 2 rings (SSSR count). The van der Waals surface area contributed by atoms with Gasteiger partial charge in [-0.15, -0.1) is 0 Å². The highest BCUT2D eigenvalue weighted by atomic mass is 16.5. The first-order valence-electron chi connectivity index (χ1n) is 7.01. The zero-order valence-electron chi connectivity index (χ0n) is 12.0. The Balaban J connectivity index is 2.41. The summed E-state index contributed by atoms with van der Waals surface area (Å²) in [5, 5.41) is 0. The fraction of sp³-hybridized carbons (Fsp3) is 0.375. The van der Waals surface area contributed by atoms with Gasteiger partial charge in [0, 0.05) is 18.8 Å². The van der Waals surface area contributed by atoms with Crippen molar-refractivity contribution in [2.75, 3.05) is 6.61 Å². The van der Waals surface area contributed by atoms with Crippen LogP contribution < -0.4 is 0 Å². The van der Waals surface area contributed by atoms with E-state index in [2.05, 4.69) is 11.9 Å². The van der Waals surface area contributed by atoms with Gasteiger partial charge in [-0.05, 0) is 18.9 Å². The van der Waals surface area contributed by atoms with Crippen LogP contribution in [0.2, 0.25) is 0 Å². The minimum absolute atomic E-state index is 0.242. The Bertz CT molecular complexity index is 549. The second-order valence-electron chi connectivity index (χ2n) is 4.57. The summed E-state index contributed by atoms with van der Waals surface area (Å²) in [5.41, 5.74) is 0.918. The van der Waals surface area contributed by atoms with Gasteiger partial charge < -0.3 is 9.30 Å². The molecular formula is C16H20N2O2. The molecule has 2 aromatic rings. The van der Waals surface area contributed by atoms with Gasteiger partial charge in [-0.3, -0.25) is 0 Å². The number of imidazole rings is 1. The number of aromatic nitrogens is 2. The van der Waals surface area contributed by atoms with Gasteiger partial charge in [-0.25, -0.2) is 9.78 Å². The van der Waals surface area contributed by atoms with Crippen molar-refractivity contribution in [1.82, 2.24) is 9.55 Å². The molecule has 4 heteroatoms. The number of ether oxygens (including phenoxy) is 1. The van der Waals surface area contributed by atoms with E-state index in [-0.39, 0.29) is 5.97 Å². The average molecular weight is 272 g/mol. The predicted octanol–water partition coefficient (Wildman–Crippen LogP) is 2.99. The zero-order valence-corrected chi connectivity index (χ0v) is 12.0. The monoisotopic (exact) mass is 272 g/mol. The van der Waals surface area contributed by atoms with Crippen molar-refractivity contribution in [1.29, 1.82) is 0 Å². The largest absolute Gasteiger partial charge is 0.464 e. The number of hydrogen-bond donors (Lipinski definition) is 0. The lowest BCUT2D eigenvalue weighted by Crippen LogP contribution is -2.24. The van der Waals surface area contributed by atoms with Crippen LogP contribution in [0.5, 0.6) is 0 Å². The number of benzene rings is 1. The van der Waals surface area contributed by atoms with E-state index in [4.69, 9.17) is 4.74 Å². The van der Waals surface area contributed by atoms with Crippen LogP contribution in [0.3, 0.4) is 0 Å². The fourth-order valence-electron chi connectivity index (χ4n) is 2.26. The van der Waals surface area contributed by atoms with Crippen LogP contribution in [-0.4, -0.2) is 22.1 Å². The summed E-state index contributed by atoms with van der Waals surface area (Å²) in [6.45, 7) is 4.29. The van der Waals surface area contributed by atoms with E-state index in [1.54, 1.807) is 6.20 Å². The predicted molar refractivity (Wildman–Crippen MR) is 77.4 cm³/mol. The minimum atomic E-state index is -0.458. The Hall–Kier alpha value is -2.10. The number of rotatable bonds is 6. The van der Waals surface area contributed by atoms with Gasteiger partial charge in [0.2, 0.25) is 0 Å². The summed E-state index contributed by atoms with van der Waals surface area (Å²) in [5.74, 6) is 0.670. The van der Waals surface area contributed by atoms with Crippen molar-refractivity contribution in [3.8, 4) is 0 Å². The smallest absolute Gasteiger partial charge is 0.333 e. The van der Waals surface area contributed by atoms with E-state index >= 15 is 0 Å². The van der Waals surface area contributed by atoms with E-state index in [9.17, 15) is 4.79 Å². The standard InChI is InChI=1S/C16H20N2O2/c1-3-8-14-17-11-12-18(14)15(16(19)20-4-2)13-9-6-5-7-10-13/h5-7,9-12,15H,3-4,8H2,1-2H3. The lowest BCUT2D eigenvalue weighted by atomic mass is 10.1.